The Labute approximate surface area is 196 Å². The van der Waals surface area contributed by atoms with Crippen LogP contribution in [0.5, 0.6) is 5.75 Å². The Hall–Kier alpha value is -3.40. The van der Waals surface area contributed by atoms with E-state index in [9.17, 15) is 18.0 Å². The number of nitrogens with one attached hydrogen (secondary N) is 3. The van der Waals surface area contributed by atoms with Crippen LogP contribution in [-0.2, 0) is 21.4 Å². The van der Waals surface area contributed by atoms with Crippen LogP contribution < -0.4 is 20.3 Å². The number of hydrogen-bond acceptors (Lipinski definition) is 5. The zero-order valence-electron chi connectivity index (χ0n) is 17.7. The second-order valence-electron chi connectivity index (χ2n) is 7.04. The number of sulfonamides is 1. The standard InChI is InChI=1S/C23H22ClN3O5S/c1-16-12-19(10-11-21(16)24)32-15-22(28)26-27-23(29)18-8-5-9-20(13-18)33(30,31)25-14-17-6-3-2-4-7-17/h2-13,25H,14-15H2,1H3,(H,26,28)(H,27,29). The van der Waals surface area contributed by atoms with E-state index in [0.717, 1.165) is 11.1 Å². The van der Waals surface area contributed by atoms with E-state index in [4.69, 9.17) is 16.3 Å². The van der Waals surface area contributed by atoms with E-state index >= 15 is 0 Å². The smallest absolute Gasteiger partial charge is 0.276 e. The van der Waals surface area contributed by atoms with Gasteiger partial charge in [-0.2, -0.15) is 0 Å². The van der Waals surface area contributed by atoms with E-state index < -0.39 is 21.8 Å². The maximum atomic E-state index is 12.6. The first-order valence-electron chi connectivity index (χ1n) is 9.86. The van der Waals surface area contributed by atoms with Crippen LogP contribution in [0.15, 0.2) is 77.7 Å². The SMILES string of the molecule is Cc1cc(OCC(=O)NNC(=O)c2cccc(S(=O)(=O)NCc3ccccc3)c2)ccc1Cl. The molecule has 0 aromatic heterocycles. The van der Waals surface area contributed by atoms with Crippen LogP contribution in [0.25, 0.3) is 0 Å². The van der Waals surface area contributed by atoms with Crippen molar-refractivity contribution in [2.45, 2.75) is 18.4 Å². The Morgan fingerprint density at radius 2 is 1.70 bits per heavy atom. The highest BCUT2D eigenvalue weighted by Gasteiger charge is 2.16. The largest absolute Gasteiger partial charge is 0.484 e. The van der Waals surface area contributed by atoms with Gasteiger partial charge in [0.2, 0.25) is 10.0 Å². The second-order valence-corrected chi connectivity index (χ2v) is 9.21. The first-order valence-corrected chi connectivity index (χ1v) is 11.7. The van der Waals surface area contributed by atoms with Crippen molar-refractivity contribution in [2.75, 3.05) is 6.61 Å². The number of amides is 2. The molecule has 0 saturated carbocycles. The summed E-state index contributed by atoms with van der Waals surface area (Å²) < 4.78 is 33.0. The molecule has 0 radical (unpaired) electrons. The highest BCUT2D eigenvalue weighted by molar-refractivity contribution is 7.89. The monoisotopic (exact) mass is 487 g/mol. The van der Waals surface area contributed by atoms with Crippen molar-refractivity contribution < 1.29 is 22.7 Å². The van der Waals surface area contributed by atoms with E-state index in [1.54, 1.807) is 37.3 Å². The number of rotatable bonds is 8. The molecule has 33 heavy (non-hydrogen) atoms. The molecule has 3 N–H and O–H groups in total. The van der Waals surface area contributed by atoms with Gasteiger partial charge < -0.3 is 4.74 Å². The highest BCUT2D eigenvalue weighted by Crippen LogP contribution is 2.20. The predicted octanol–water partition coefficient (Wildman–Crippen LogP) is 2.97. The molecule has 0 heterocycles. The third kappa shape index (κ3) is 7.04. The summed E-state index contributed by atoms with van der Waals surface area (Å²) in [5, 5.41) is 0.582. The number of carbonyl (C=O) groups is 2. The lowest BCUT2D eigenvalue weighted by Gasteiger charge is -2.11. The van der Waals surface area contributed by atoms with Gasteiger partial charge in [-0.05, 0) is 54.4 Å². The molecule has 0 bridgehead atoms. The fourth-order valence-corrected chi connectivity index (χ4v) is 3.93. The van der Waals surface area contributed by atoms with Gasteiger partial charge >= 0.3 is 0 Å². The molecule has 0 aliphatic heterocycles. The molecule has 3 rings (SSSR count). The van der Waals surface area contributed by atoms with Gasteiger partial charge in [-0.1, -0.05) is 48.0 Å². The first-order chi connectivity index (χ1) is 15.7. The van der Waals surface area contributed by atoms with Crippen molar-refractivity contribution in [3.05, 3.63) is 94.5 Å². The molecular weight excluding hydrogens is 466 g/mol. The van der Waals surface area contributed by atoms with Gasteiger partial charge in [0.25, 0.3) is 11.8 Å². The van der Waals surface area contributed by atoms with Crippen LogP contribution in [0.4, 0.5) is 0 Å². The minimum atomic E-state index is -3.84. The summed E-state index contributed by atoms with van der Waals surface area (Å²) in [6.07, 6.45) is 0. The number of hydrazine groups is 1. The summed E-state index contributed by atoms with van der Waals surface area (Å²) in [4.78, 5) is 24.3. The fourth-order valence-electron chi connectivity index (χ4n) is 2.75. The minimum Gasteiger partial charge on any atom is -0.484 e. The summed E-state index contributed by atoms with van der Waals surface area (Å²) in [7, 11) is -3.84. The number of carbonyl (C=O) groups excluding carboxylic acids is 2. The molecule has 172 valence electrons. The molecule has 0 spiro atoms. The topological polar surface area (TPSA) is 114 Å². The van der Waals surface area contributed by atoms with Gasteiger partial charge in [-0.15, -0.1) is 0 Å². The third-order valence-corrected chi connectivity index (χ3v) is 6.35. The maximum Gasteiger partial charge on any atom is 0.276 e. The molecular formula is C23H22ClN3O5S. The fraction of sp³-hybridized carbons (Fsp3) is 0.130. The van der Waals surface area contributed by atoms with Gasteiger partial charge in [-0.25, -0.2) is 13.1 Å². The third-order valence-electron chi connectivity index (χ3n) is 4.53. The molecule has 3 aromatic rings. The molecule has 0 unspecified atom stereocenters. The number of aryl methyl sites for hydroxylation is 1. The zero-order chi connectivity index (χ0) is 23.8. The summed E-state index contributed by atoms with van der Waals surface area (Å²) in [6, 6.07) is 19.5. The van der Waals surface area contributed by atoms with Gasteiger partial charge in [0.15, 0.2) is 6.61 Å². The number of benzene rings is 3. The average molecular weight is 488 g/mol. The lowest BCUT2D eigenvalue weighted by Crippen LogP contribution is -2.43. The lowest BCUT2D eigenvalue weighted by atomic mass is 10.2. The van der Waals surface area contributed by atoms with E-state index in [2.05, 4.69) is 15.6 Å². The molecule has 0 fully saturated rings. The van der Waals surface area contributed by atoms with Crippen LogP contribution in [0, 0.1) is 6.92 Å². The normalized spacial score (nSPS) is 11.0. The zero-order valence-corrected chi connectivity index (χ0v) is 19.2. The first kappa shape index (κ1) is 24.2. The van der Waals surface area contributed by atoms with E-state index in [1.807, 2.05) is 18.2 Å². The van der Waals surface area contributed by atoms with Crippen molar-refractivity contribution in [1.82, 2.24) is 15.6 Å². The Balaban J connectivity index is 1.54. The summed E-state index contributed by atoms with van der Waals surface area (Å²) in [5.41, 5.74) is 6.13. The van der Waals surface area contributed by atoms with E-state index in [1.165, 1.54) is 24.3 Å². The van der Waals surface area contributed by atoms with Crippen LogP contribution in [-0.4, -0.2) is 26.8 Å². The molecule has 3 aromatic carbocycles. The van der Waals surface area contributed by atoms with Gasteiger partial charge in [0.05, 0.1) is 4.90 Å². The molecule has 10 heteroatoms. The van der Waals surface area contributed by atoms with Crippen molar-refractivity contribution in [3.8, 4) is 5.75 Å². The van der Waals surface area contributed by atoms with Gasteiger partial charge in [0.1, 0.15) is 5.75 Å². The molecule has 0 aliphatic carbocycles. The Kier molecular flexibility index (Phi) is 8.05. The molecule has 8 nitrogen and oxygen atoms in total. The van der Waals surface area contributed by atoms with Crippen LogP contribution in [0.3, 0.4) is 0 Å². The van der Waals surface area contributed by atoms with Crippen molar-refractivity contribution in [1.29, 1.82) is 0 Å². The van der Waals surface area contributed by atoms with Crippen molar-refractivity contribution in [2.24, 2.45) is 0 Å². The van der Waals surface area contributed by atoms with Crippen LogP contribution in [0.1, 0.15) is 21.5 Å². The Bertz CT molecular complexity index is 1250. The van der Waals surface area contributed by atoms with Crippen molar-refractivity contribution in [3.63, 3.8) is 0 Å². The quantitative estimate of drug-likeness (QED) is 0.423. The number of hydrogen-bond donors (Lipinski definition) is 3. The summed E-state index contributed by atoms with van der Waals surface area (Å²) in [6.45, 7) is 1.59. The molecule has 0 saturated heterocycles. The number of ether oxygens (including phenoxy) is 1. The Morgan fingerprint density at radius 3 is 2.42 bits per heavy atom. The van der Waals surface area contributed by atoms with Gasteiger partial charge in [0, 0.05) is 17.1 Å². The average Bonchev–Trinajstić information content (AvgIpc) is 2.82. The van der Waals surface area contributed by atoms with Crippen LogP contribution in [0.2, 0.25) is 5.02 Å². The highest BCUT2D eigenvalue weighted by atomic mass is 35.5. The van der Waals surface area contributed by atoms with E-state index in [-0.39, 0.29) is 23.6 Å². The second kappa shape index (κ2) is 11.0. The lowest BCUT2D eigenvalue weighted by molar-refractivity contribution is -0.123. The van der Waals surface area contributed by atoms with Crippen molar-refractivity contribution >= 4 is 33.4 Å². The molecule has 0 aliphatic rings. The summed E-state index contributed by atoms with van der Waals surface area (Å²) >= 11 is 5.95. The molecule has 0 atom stereocenters. The maximum absolute atomic E-state index is 12.6. The van der Waals surface area contributed by atoms with Gasteiger partial charge in [-0.3, -0.25) is 20.4 Å². The molecule has 2 amide bonds. The summed E-state index contributed by atoms with van der Waals surface area (Å²) in [5.74, 6) is -0.811. The minimum absolute atomic E-state index is 0.0622. The predicted molar refractivity (Wildman–Crippen MR) is 124 cm³/mol. The Morgan fingerprint density at radius 1 is 0.939 bits per heavy atom. The van der Waals surface area contributed by atoms with E-state index in [0.29, 0.717) is 10.8 Å². The van der Waals surface area contributed by atoms with Crippen LogP contribution >= 0.6 is 11.6 Å². The number of halogens is 1.